The molecule has 2 aromatic rings. The molecule has 1 fully saturated rings. The van der Waals surface area contributed by atoms with Crippen molar-refractivity contribution in [3.05, 3.63) is 24.1 Å². The Labute approximate surface area is 123 Å². The van der Waals surface area contributed by atoms with Gasteiger partial charge in [-0.15, -0.1) is 10.2 Å². The summed E-state index contributed by atoms with van der Waals surface area (Å²) >= 11 is 0. The van der Waals surface area contributed by atoms with Crippen LogP contribution in [0.5, 0.6) is 11.5 Å². The molecule has 6 nitrogen and oxygen atoms in total. The standard InChI is InChI=1S/C15H19N3O3/c1-19-12-6-5-11(9-13(12)20-2)15-17-16-14(21-15)10-18-7-3-4-8-18/h5-6,9H,3-4,7-8,10H2,1-2H3. The second-order valence-electron chi connectivity index (χ2n) is 5.05. The van der Waals surface area contributed by atoms with Gasteiger partial charge in [-0.05, 0) is 44.1 Å². The molecule has 112 valence electrons. The van der Waals surface area contributed by atoms with Crippen LogP contribution in [0, 0.1) is 0 Å². The lowest BCUT2D eigenvalue weighted by molar-refractivity contribution is 0.292. The lowest BCUT2D eigenvalue weighted by atomic mass is 10.2. The maximum absolute atomic E-state index is 5.74. The van der Waals surface area contributed by atoms with Crippen LogP contribution in [0.3, 0.4) is 0 Å². The molecule has 2 heterocycles. The first-order chi connectivity index (χ1) is 10.3. The number of aromatic nitrogens is 2. The van der Waals surface area contributed by atoms with Gasteiger partial charge in [0.2, 0.25) is 11.8 Å². The molecule has 3 rings (SSSR count). The van der Waals surface area contributed by atoms with Crippen LogP contribution in [0.15, 0.2) is 22.6 Å². The van der Waals surface area contributed by atoms with E-state index in [0.29, 0.717) is 23.3 Å². The van der Waals surface area contributed by atoms with Gasteiger partial charge in [0.15, 0.2) is 11.5 Å². The number of likely N-dealkylation sites (tertiary alicyclic amines) is 1. The molecule has 0 saturated carbocycles. The van der Waals surface area contributed by atoms with Gasteiger partial charge in [-0.25, -0.2) is 0 Å². The molecule has 0 unspecified atom stereocenters. The predicted molar refractivity (Wildman–Crippen MR) is 77.3 cm³/mol. The van der Waals surface area contributed by atoms with Gasteiger partial charge in [0.05, 0.1) is 20.8 Å². The number of nitrogens with zero attached hydrogens (tertiary/aromatic N) is 3. The topological polar surface area (TPSA) is 60.6 Å². The number of methoxy groups -OCH3 is 2. The minimum absolute atomic E-state index is 0.505. The monoisotopic (exact) mass is 289 g/mol. The van der Waals surface area contributed by atoms with Crippen LogP contribution in [0.2, 0.25) is 0 Å². The second-order valence-corrected chi connectivity index (χ2v) is 5.05. The summed E-state index contributed by atoms with van der Waals surface area (Å²) in [5, 5.41) is 8.24. The van der Waals surface area contributed by atoms with E-state index in [0.717, 1.165) is 25.2 Å². The van der Waals surface area contributed by atoms with Gasteiger partial charge < -0.3 is 13.9 Å². The molecule has 0 aliphatic carbocycles. The molecular formula is C15H19N3O3. The van der Waals surface area contributed by atoms with Crippen LogP contribution in [0.25, 0.3) is 11.5 Å². The van der Waals surface area contributed by atoms with Gasteiger partial charge in [0, 0.05) is 5.56 Å². The van der Waals surface area contributed by atoms with Crippen LogP contribution in [0.4, 0.5) is 0 Å². The van der Waals surface area contributed by atoms with E-state index < -0.39 is 0 Å². The van der Waals surface area contributed by atoms with E-state index in [1.54, 1.807) is 14.2 Å². The molecule has 1 aliphatic rings. The van der Waals surface area contributed by atoms with Gasteiger partial charge >= 0.3 is 0 Å². The maximum atomic E-state index is 5.74. The van der Waals surface area contributed by atoms with Crippen molar-refractivity contribution in [2.75, 3.05) is 27.3 Å². The zero-order valence-electron chi connectivity index (χ0n) is 12.3. The van der Waals surface area contributed by atoms with Crippen molar-refractivity contribution in [1.29, 1.82) is 0 Å². The zero-order valence-corrected chi connectivity index (χ0v) is 12.3. The number of benzene rings is 1. The molecule has 6 heteroatoms. The summed E-state index contributed by atoms with van der Waals surface area (Å²) in [4.78, 5) is 2.33. The van der Waals surface area contributed by atoms with Crippen molar-refractivity contribution in [1.82, 2.24) is 15.1 Å². The minimum Gasteiger partial charge on any atom is -0.493 e. The van der Waals surface area contributed by atoms with Gasteiger partial charge in [-0.1, -0.05) is 0 Å². The molecule has 1 saturated heterocycles. The summed E-state index contributed by atoms with van der Waals surface area (Å²) in [6.45, 7) is 2.93. The Hall–Kier alpha value is -2.08. The highest BCUT2D eigenvalue weighted by Gasteiger charge is 2.17. The molecule has 0 spiro atoms. The van der Waals surface area contributed by atoms with Crippen LogP contribution in [-0.4, -0.2) is 42.4 Å². The average molecular weight is 289 g/mol. The number of rotatable bonds is 5. The molecular weight excluding hydrogens is 270 g/mol. The smallest absolute Gasteiger partial charge is 0.247 e. The zero-order chi connectivity index (χ0) is 14.7. The quantitative estimate of drug-likeness (QED) is 0.842. The molecule has 0 amide bonds. The van der Waals surface area contributed by atoms with Crippen molar-refractivity contribution < 1.29 is 13.9 Å². The van der Waals surface area contributed by atoms with Gasteiger partial charge in [-0.2, -0.15) is 0 Å². The normalized spacial score (nSPS) is 15.3. The summed E-state index contributed by atoms with van der Waals surface area (Å²) in [6, 6.07) is 5.55. The SMILES string of the molecule is COc1ccc(-c2nnc(CN3CCCC3)o2)cc1OC. The summed E-state index contributed by atoms with van der Waals surface area (Å²) in [5.41, 5.74) is 0.827. The Balaban J connectivity index is 1.78. The number of ether oxygens (including phenoxy) is 2. The van der Waals surface area contributed by atoms with Crippen LogP contribution < -0.4 is 9.47 Å². The summed E-state index contributed by atoms with van der Waals surface area (Å²) in [5.74, 6) is 2.49. The molecule has 21 heavy (non-hydrogen) atoms. The molecule has 1 aliphatic heterocycles. The fraction of sp³-hybridized carbons (Fsp3) is 0.467. The third kappa shape index (κ3) is 3.00. The summed E-state index contributed by atoms with van der Waals surface area (Å²) in [6.07, 6.45) is 2.49. The first-order valence-corrected chi connectivity index (χ1v) is 7.07. The van der Waals surface area contributed by atoms with Gasteiger partial charge in [-0.3, -0.25) is 4.90 Å². The van der Waals surface area contributed by atoms with Gasteiger partial charge in [0.1, 0.15) is 0 Å². The van der Waals surface area contributed by atoms with Crippen molar-refractivity contribution in [3.8, 4) is 23.0 Å². The van der Waals surface area contributed by atoms with E-state index in [2.05, 4.69) is 15.1 Å². The summed E-state index contributed by atoms with van der Waals surface area (Å²) < 4.78 is 16.3. The van der Waals surface area contributed by atoms with Crippen molar-refractivity contribution in [2.24, 2.45) is 0 Å². The van der Waals surface area contributed by atoms with E-state index in [1.165, 1.54) is 12.8 Å². The van der Waals surface area contributed by atoms with Crippen molar-refractivity contribution >= 4 is 0 Å². The van der Waals surface area contributed by atoms with Crippen LogP contribution in [0.1, 0.15) is 18.7 Å². The first-order valence-electron chi connectivity index (χ1n) is 7.07. The Bertz CT molecular complexity index is 606. The first kappa shape index (κ1) is 13.9. The molecule has 0 bridgehead atoms. The maximum Gasteiger partial charge on any atom is 0.247 e. The fourth-order valence-electron chi connectivity index (χ4n) is 2.54. The Kier molecular flexibility index (Phi) is 4.06. The van der Waals surface area contributed by atoms with Gasteiger partial charge in [0.25, 0.3) is 0 Å². The minimum atomic E-state index is 0.505. The summed E-state index contributed by atoms with van der Waals surface area (Å²) in [7, 11) is 3.21. The largest absolute Gasteiger partial charge is 0.493 e. The van der Waals surface area contributed by atoms with E-state index >= 15 is 0 Å². The second kappa shape index (κ2) is 6.13. The Morgan fingerprint density at radius 3 is 2.57 bits per heavy atom. The molecule has 1 aromatic heterocycles. The molecule has 0 radical (unpaired) electrons. The third-order valence-corrected chi connectivity index (χ3v) is 3.65. The Morgan fingerprint density at radius 2 is 1.86 bits per heavy atom. The number of hydrogen-bond donors (Lipinski definition) is 0. The van der Waals surface area contributed by atoms with E-state index in [1.807, 2.05) is 18.2 Å². The lowest BCUT2D eigenvalue weighted by Crippen LogP contribution is -2.18. The predicted octanol–water partition coefficient (Wildman–Crippen LogP) is 2.35. The highest BCUT2D eigenvalue weighted by molar-refractivity contribution is 5.59. The lowest BCUT2D eigenvalue weighted by Gasteiger charge is -2.10. The van der Waals surface area contributed by atoms with Crippen molar-refractivity contribution in [3.63, 3.8) is 0 Å². The van der Waals surface area contributed by atoms with Crippen LogP contribution >= 0.6 is 0 Å². The molecule has 1 aromatic carbocycles. The molecule has 0 atom stereocenters. The van der Waals surface area contributed by atoms with E-state index in [-0.39, 0.29) is 0 Å². The molecule has 0 N–H and O–H groups in total. The van der Waals surface area contributed by atoms with E-state index in [9.17, 15) is 0 Å². The number of hydrogen-bond acceptors (Lipinski definition) is 6. The fourth-order valence-corrected chi connectivity index (χ4v) is 2.54. The highest BCUT2D eigenvalue weighted by Crippen LogP contribution is 2.31. The van der Waals surface area contributed by atoms with E-state index in [4.69, 9.17) is 13.9 Å². The Morgan fingerprint density at radius 1 is 1.10 bits per heavy atom. The highest BCUT2D eigenvalue weighted by atomic mass is 16.5. The average Bonchev–Trinajstić information content (AvgIpc) is 3.19. The van der Waals surface area contributed by atoms with Crippen molar-refractivity contribution in [2.45, 2.75) is 19.4 Å². The third-order valence-electron chi connectivity index (χ3n) is 3.65. The van der Waals surface area contributed by atoms with Crippen LogP contribution in [-0.2, 0) is 6.54 Å².